The highest BCUT2D eigenvalue weighted by molar-refractivity contribution is 7.86. The number of halogens is 21. The summed E-state index contributed by atoms with van der Waals surface area (Å²) in [6, 6.07) is 0. The number of alkyl halides is 21. The maximum Gasteiger partial charge on any atom is 0.385 e. The molecule has 0 radical (unpaired) electrons. The summed E-state index contributed by atoms with van der Waals surface area (Å²) in [5, 5.41) is 0. The third kappa shape index (κ3) is 4.10. The van der Waals surface area contributed by atoms with Gasteiger partial charge in [0, 0.05) is 0 Å². The molecule has 0 spiro atoms. The molecule has 218 valence electrons. The van der Waals surface area contributed by atoms with Gasteiger partial charge in [0.05, 0.1) is 0 Å². The fraction of sp³-hybridized carbons (Fsp3) is 1.00. The molecule has 0 aromatic heterocycles. The van der Waals surface area contributed by atoms with Crippen molar-refractivity contribution in [3.8, 4) is 0 Å². The van der Waals surface area contributed by atoms with E-state index in [4.69, 9.17) is 4.55 Å². The van der Waals surface area contributed by atoms with Crippen molar-refractivity contribution in [3.05, 3.63) is 0 Å². The average molecular weight is 614 g/mol. The molecule has 0 aliphatic rings. The van der Waals surface area contributed by atoms with Crippen LogP contribution in [-0.2, 0) is 10.1 Å². The van der Waals surface area contributed by atoms with E-state index in [9.17, 15) is 101 Å². The molecular weight excluding hydrogens is 611 g/mol. The van der Waals surface area contributed by atoms with Crippen LogP contribution in [0, 0.1) is 0 Å². The predicted octanol–water partition coefficient (Wildman–Crippen LogP) is 6.15. The average Bonchev–Trinajstić information content (AvgIpc) is 2.64. The number of rotatable bonds is 11. The molecule has 1 atom stereocenters. The van der Waals surface area contributed by atoms with Gasteiger partial charge in [-0.2, -0.15) is 87.4 Å². The molecule has 0 rings (SSSR count). The van der Waals surface area contributed by atoms with Crippen molar-refractivity contribution in [2.75, 3.05) is 0 Å². The summed E-state index contributed by atoms with van der Waals surface area (Å²) >= 11 is 0. The van der Waals surface area contributed by atoms with Crippen molar-refractivity contribution >= 4 is 10.1 Å². The van der Waals surface area contributed by atoms with Crippen molar-refractivity contribution in [1.29, 1.82) is 0 Å². The summed E-state index contributed by atoms with van der Waals surface area (Å²) in [6.07, 6.45) is -6.20. The lowest BCUT2D eigenvalue weighted by Crippen LogP contribution is -2.77. The maximum atomic E-state index is 13.4. The van der Waals surface area contributed by atoms with Gasteiger partial charge in [0.25, 0.3) is 5.50 Å². The van der Waals surface area contributed by atoms with E-state index in [2.05, 4.69) is 0 Å². The van der Waals surface area contributed by atoms with Gasteiger partial charge in [0.1, 0.15) is 0 Å². The molecule has 0 aliphatic heterocycles. The SMILES string of the molecule is O=S(=O)(O)C(F)C(F)(F)C(F)(F)C(F)(F)C(F)(F)C(F)(F)C(F)(F)C(F)(F)C(F)(F)C(F)(F)C(F)F. The van der Waals surface area contributed by atoms with Gasteiger partial charge in [0.2, 0.25) is 0 Å². The first-order chi connectivity index (χ1) is 15.1. The smallest absolute Gasteiger partial charge is 0.283 e. The fourth-order valence-corrected chi connectivity index (χ4v) is 2.39. The van der Waals surface area contributed by atoms with Crippen LogP contribution in [0.5, 0.6) is 0 Å². The van der Waals surface area contributed by atoms with Crippen LogP contribution in [0.3, 0.4) is 0 Å². The van der Waals surface area contributed by atoms with Gasteiger partial charge < -0.3 is 0 Å². The highest BCUT2D eigenvalue weighted by Crippen LogP contribution is 2.65. The Labute approximate surface area is 181 Å². The summed E-state index contributed by atoms with van der Waals surface area (Å²) in [6.45, 7) is 0. The van der Waals surface area contributed by atoms with Crippen molar-refractivity contribution in [2.24, 2.45) is 0 Å². The Morgan fingerprint density at radius 3 is 0.806 bits per heavy atom. The van der Waals surface area contributed by atoms with E-state index >= 15 is 0 Å². The van der Waals surface area contributed by atoms with E-state index in [1.807, 2.05) is 0 Å². The van der Waals surface area contributed by atoms with E-state index in [1.54, 1.807) is 0 Å². The molecule has 0 heterocycles. The van der Waals surface area contributed by atoms with Gasteiger partial charge in [-0.1, -0.05) is 0 Å². The molecule has 0 amide bonds. The fourth-order valence-electron chi connectivity index (χ4n) is 1.87. The van der Waals surface area contributed by atoms with Crippen LogP contribution in [0.15, 0.2) is 0 Å². The molecule has 0 bridgehead atoms. The van der Waals surface area contributed by atoms with Crippen LogP contribution in [0.1, 0.15) is 0 Å². The van der Waals surface area contributed by atoms with Crippen LogP contribution in [0.25, 0.3) is 0 Å². The zero-order chi connectivity index (χ0) is 30.2. The molecule has 1 unspecified atom stereocenters. The molecule has 0 saturated heterocycles. The van der Waals surface area contributed by atoms with Crippen LogP contribution >= 0.6 is 0 Å². The standard InChI is InChI=1S/C11H3F21O3S/c12-1(13)3(15,16)5(19,20)7(23,24)9(27,28)11(31,32)10(29,30)8(25,26)6(21,22)4(17,18)2(14)36(33,34)35/h1-2H,(H,33,34,35). The summed E-state index contributed by atoms with van der Waals surface area (Å²) in [4.78, 5) is 0. The maximum absolute atomic E-state index is 13.4. The number of hydrogen-bond acceptors (Lipinski definition) is 2. The van der Waals surface area contributed by atoms with Crippen molar-refractivity contribution in [3.63, 3.8) is 0 Å². The summed E-state index contributed by atoms with van der Waals surface area (Å²) in [7, 11) is -7.36. The van der Waals surface area contributed by atoms with E-state index in [0.717, 1.165) is 0 Å². The molecule has 0 aromatic carbocycles. The summed E-state index contributed by atoms with van der Waals surface area (Å²) < 4.78 is 302. The van der Waals surface area contributed by atoms with E-state index in [1.165, 1.54) is 0 Å². The highest BCUT2D eigenvalue weighted by atomic mass is 32.2. The molecule has 3 nitrogen and oxygen atoms in total. The second-order valence-corrected chi connectivity index (χ2v) is 7.84. The van der Waals surface area contributed by atoms with E-state index in [-0.39, 0.29) is 0 Å². The predicted molar refractivity (Wildman–Crippen MR) is 67.0 cm³/mol. The van der Waals surface area contributed by atoms with Gasteiger partial charge in [0.15, 0.2) is 0 Å². The summed E-state index contributed by atoms with van der Waals surface area (Å²) in [5.41, 5.74) is -6.16. The Bertz CT molecular complexity index is 921. The monoisotopic (exact) mass is 614 g/mol. The third-order valence-corrected chi connectivity index (χ3v) is 4.84. The lowest BCUT2D eigenvalue weighted by molar-refractivity contribution is -0.465. The first kappa shape index (κ1) is 34.4. The van der Waals surface area contributed by atoms with Gasteiger partial charge in [-0.3, -0.25) is 4.55 Å². The largest absolute Gasteiger partial charge is 0.385 e. The zero-order valence-electron chi connectivity index (χ0n) is 15.3. The van der Waals surface area contributed by atoms with Gasteiger partial charge in [-0.15, -0.1) is 0 Å². The minimum absolute atomic E-state index is 6.16. The summed E-state index contributed by atoms with van der Waals surface area (Å²) in [5.74, 6) is -79.1. The lowest BCUT2D eigenvalue weighted by Gasteiger charge is -2.44. The van der Waals surface area contributed by atoms with Gasteiger partial charge in [-0.05, 0) is 0 Å². The first-order valence-corrected chi connectivity index (χ1v) is 8.89. The van der Waals surface area contributed by atoms with Crippen molar-refractivity contribution in [1.82, 2.24) is 0 Å². The third-order valence-electron chi connectivity index (χ3n) is 4.02. The minimum Gasteiger partial charge on any atom is -0.283 e. The molecule has 0 fully saturated rings. The lowest BCUT2D eigenvalue weighted by atomic mass is 9.86. The number of hydrogen-bond donors (Lipinski definition) is 1. The topological polar surface area (TPSA) is 54.4 Å². The quantitative estimate of drug-likeness (QED) is 0.225. The van der Waals surface area contributed by atoms with Crippen molar-refractivity contribution in [2.45, 2.75) is 65.2 Å². The molecule has 0 aromatic rings. The minimum atomic E-state index is -9.31. The molecule has 25 heteroatoms. The Kier molecular flexibility index (Phi) is 8.11. The Balaban J connectivity index is 7.15. The second-order valence-electron chi connectivity index (χ2n) is 6.40. The molecule has 36 heavy (non-hydrogen) atoms. The van der Waals surface area contributed by atoms with E-state index < -0.39 is 75.4 Å². The Hall–Kier alpha value is -1.56. The molecule has 1 N–H and O–H groups in total. The van der Waals surface area contributed by atoms with E-state index in [0.29, 0.717) is 0 Å². The van der Waals surface area contributed by atoms with Crippen LogP contribution in [-0.4, -0.2) is 78.2 Å². The Morgan fingerprint density at radius 2 is 0.611 bits per heavy atom. The van der Waals surface area contributed by atoms with Crippen LogP contribution in [0.2, 0.25) is 0 Å². The van der Waals surface area contributed by atoms with Crippen molar-refractivity contribution < 1.29 is 105 Å². The van der Waals surface area contributed by atoms with Crippen LogP contribution in [0.4, 0.5) is 92.2 Å². The van der Waals surface area contributed by atoms with Gasteiger partial charge >= 0.3 is 69.8 Å². The Morgan fingerprint density at radius 1 is 0.417 bits per heavy atom. The van der Waals surface area contributed by atoms with Crippen LogP contribution < -0.4 is 0 Å². The second kappa shape index (κ2) is 8.47. The molecule has 0 saturated carbocycles. The first-order valence-electron chi connectivity index (χ1n) is 7.39. The molecule has 0 aliphatic carbocycles. The normalized spacial score (nSPS) is 17.5. The highest BCUT2D eigenvalue weighted by Gasteiger charge is 2.97. The zero-order valence-corrected chi connectivity index (χ0v) is 16.1. The van der Waals surface area contributed by atoms with Gasteiger partial charge in [-0.25, -0.2) is 13.2 Å². The molecular formula is C11H3F21O3S.